The number of rotatable bonds is 4. The SMILES string of the molecule is CN(Cc1ccccc1Cl)c1nccc(C(=O)O)c1N. The number of carbonyl (C=O) groups is 1. The molecule has 0 radical (unpaired) electrons. The molecule has 2 aromatic rings. The fourth-order valence-electron chi connectivity index (χ4n) is 1.91. The number of carboxylic acids is 1. The lowest BCUT2D eigenvalue weighted by molar-refractivity contribution is 0.0698. The Labute approximate surface area is 121 Å². The Balaban J connectivity index is 2.30. The van der Waals surface area contributed by atoms with Crippen LogP contribution in [0, 0.1) is 0 Å². The molecule has 0 bridgehead atoms. The van der Waals surface area contributed by atoms with Gasteiger partial charge in [0, 0.05) is 24.8 Å². The van der Waals surface area contributed by atoms with Crippen molar-refractivity contribution in [3.05, 3.63) is 52.7 Å². The molecule has 6 heteroatoms. The van der Waals surface area contributed by atoms with Crippen molar-refractivity contribution in [2.24, 2.45) is 0 Å². The fourth-order valence-corrected chi connectivity index (χ4v) is 2.11. The maximum absolute atomic E-state index is 11.1. The van der Waals surface area contributed by atoms with E-state index < -0.39 is 5.97 Å². The highest BCUT2D eigenvalue weighted by atomic mass is 35.5. The molecule has 5 nitrogen and oxygen atoms in total. The lowest BCUT2D eigenvalue weighted by atomic mass is 10.2. The summed E-state index contributed by atoms with van der Waals surface area (Å²) in [4.78, 5) is 17.0. The largest absolute Gasteiger partial charge is 0.478 e. The zero-order valence-electron chi connectivity index (χ0n) is 10.9. The minimum absolute atomic E-state index is 0.0426. The molecule has 0 saturated heterocycles. The summed E-state index contributed by atoms with van der Waals surface area (Å²) >= 11 is 6.10. The van der Waals surface area contributed by atoms with Crippen LogP contribution in [0.2, 0.25) is 5.02 Å². The van der Waals surface area contributed by atoms with Crippen molar-refractivity contribution >= 4 is 29.1 Å². The van der Waals surface area contributed by atoms with Gasteiger partial charge in [-0.25, -0.2) is 9.78 Å². The summed E-state index contributed by atoms with van der Waals surface area (Å²) in [5.41, 5.74) is 6.96. The lowest BCUT2D eigenvalue weighted by Crippen LogP contribution is -2.20. The van der Waals surface area contributed by atoms with Gasteiger partial charge in [0.15, 0.2) is 5.82 Å². The summed E-state index contributed by atoms with van der Waals surface area (Å²) in [6.45, 7) is 0.486. The van der Waals surface area contributed by atoms with E-state index in [-0.39, 0.29) is 11.3 Å². The number of hydrogen-bond donors (Lipinski definition) is 2. The van der Waals surface area contributed by atoms with Crippen molar-refractivity contribution in [2.45, 2.75) is 6.54 Å². The molecule has 20 heavy (non-hydrogen) atoms. The number of nitrogens with zero attached hydrogens (tertiary/aromatic N) is 2. The minimum Gasteiger partial charge on any atom is -0.478 e. The highest BCUT2D eigenvalue weighted by Crippen LogP contribution is 2.25. The van der Waals surface area contributed by atoms with E-state index in [0.717, 1.165) is 5.56 Å². The maximum atomic E-state index is 11.1. The van der Waals surface area contributed by atoms with Crippen molar-refractivity contribution in [1.82, 2.24) is 4.98 Å². The number of nitrogens with two attached hydrogens (primary N) is 1. The van der Waals surface area contributed by atoms with Crippen molar-refractivity contribution in [3.63, 3.8) is 0 Å². The van der Waals surface area contributed by atoms with Crippen LogP contribution in [0.25, 0.3) is 0 Å². The second-order valence-corrected chi connectivity index (χ2v) is 4.76. The first-order chi connectivity index (χ1) is 9.50. The molecule has 1 heterocycles. The molecular formula is C14H14ClN3O2. The summed E-state index contributed by atoms with van der Waals surface area (Å²) in [6.07, 6.45) is 1.43. The summed E-state index contributed by atoms with van der Waals surface area (Å²) < 4.78 is 0. The van der Waals surface area contributed by atoms with Crippen LogP contribution in [0.5, 0.6) is 0 Å². The number of carboxylic acid groups (broad SMARTS) is 1. The summed E-state index contributed by atoms with van der Waals surface area (Å²) in [5.74, 6) is -0.651. The van der Waals surface area contributed by atoms with Crippen molar-refractivity contribution in [3.8, 4) is 0 Å². The van der Waals surface area contributed by atoms with Crippen LogP contribution in [0.1, 0.15) is 15.9 Å². The second-order valence-electron chi connectivity index (χ2n) is 4.35. The molecule has 2 rings (SSSR count). The summed E-state index contributed by atoms with van der Waals surface area (Å²) in [5, 5.41) is 9.70. The van der Waals surface area contributed by atoms with Gasteiger partial charge in [-0.2, -0.15) is 0 Å². The maximum Gasteiger partial charge on any atom is 0.337 e. The molecule has 1 aromatic heterocycles. The Kier molecular flexibility index (Phi) is 4.10. The molecule has 0 aliphatic heterocycles. The lowest BCUT2D eigenvalue weighted by Gasteiger charge is -2.21. The normalized spacial score (nSPS) is 10.3. The molecule has 0 amide bonds. The fraction of sp³-hybridized carbons (Fsp3) is 0.143. The van der Waals surface area contributed by atoms with Gasteiger partial charge in [0.2, 0.25) is 0 Å². The molecule has 1 aromatic carbocycles. The third kappa shape index (κ3) is 2.83. The Hall–Kier alpha value is -2.27. The number of aromatic nitrogens is 1. The van der Waals surface area contributed by atoms with Crippen LogP contribution in [0.15, 0.2) is 36.5 Å². The van der Waals surface area contributed by atoms with Crippen LogP contribution in [-0.4, -0.2) is 23.1 Å². The van der Waals surface area contributed by atoms with E-state index in [2.05, 4.69) is 4.98 Å². The predicted molar refractivity (Wildman–Crippen MR) is 79.2 cm³/mol. The standard InChI is InChI=1S/C14H14ClN3O2/c1-18(8-9-4-2-3-5-11(9)15)13-12(16)10(14(19)20)6-7-17-13/h2-7H,8,16H2,1H3,(H,19,20). The van der Waals surface area contributed by atoms with E-state index in [1.807, 2.05) is 18.2 Å². The molecule has 0 spiro atoms. The molecule has 3 N–H and O–H groups in total. The first-order valence-corrected chi connectivity index (χ1v) is 6.31. The number of nitrogen functional groups attached to an aromatic ring is 1. The number of pyridine rings is 1. The van der Waals surface area contributed by atoms with Gasteiger partial charge in [-0.3, -0.25) is 0 Å². The van der Waals surface area contributed by atoms with Gasteiger partial charge in [-0.05, 0) is 17.7 Å². The summed E-state index contributed by atoms with van der Waals surface area (Å²) in [6, 6.07) is 8.82. The van der Waals surface area contributed by atoms with Crippen LogP contribution in [-0.2, 0) is 6.54 Å². The van der Waals surface area contributed by atoms with E-state index in [9.17, 15) is 4.79 Å². The van der Waals surface area contributed by atoms with E-state index >= 15 is 0 Å². The van der Waals surface area contributed by atoms with Crippen LogP contribution < -0.4 is 10.6 Å². The van der Waals surface area contributed by atoms with Gasteiger partial charge >= 0.3 is 5.97 Å². The van der Waals surface area contributed by atoms with Gasteiger partial charge in [0.25, 0.3) is 0 Å². The number of halogens is 1. The van der Waals surface area contributed by atoms with E-state index in [1.54, 1.807) is 18.0 Å². The molecule has 0 saturated carbocycles. The van der Waals surface area contributed by atoms with Gasteiger partial charge in [-0.15, -0.1) is 0 Å². The number of benzene rings is 1. The highest BCUT2D eigenvalue weighted by Gasteiger charge is 2.15. The minimum atomic E-state index is -1.07. The Morgan fingerprint density at radius 1 is 1.40 bits per heavy atom. The van der Waals surface area contributed by atoms with Crippen molar-refractivity contribution < 1.29 is 9.90 Å². The van der Waals surface area contributed by atoms with Crippen LogP contribution in [0.3, 0.4) is 0 Å². The zero-order valence-corrected chi connectivity index (χ0v) is 11.6. The number of anilines is 2. The first-order valence-electron chi connectivity index (χ1n) is 5.93. The third-order valence-corrected chi connectivity index (χ3v) is 3.30. The average molecular weight is 292 g/mol. The van der Waals surface area contributed by atoms with E-state index in [1.165, 1.54) is 12.3 Å². The van der Waals surface area contributed by atoms with Crippen molar-refractivity contribution in [1.29, 1.82) is 0 Å². The molecule has 0 aliphatic rings. The first kappa shape index (κ1) is 14.1. The summed E-state index contributed by atoms with van der Waals surface area (Å²) in [7, 11) is 1.79. The third-order valence-electron chi connectivity index (χ3n) is 2.93. The van der Waals surface area contributed by atoms with E-state index in [4.69, 9.17) is 22.4 Å². The number of hydrogen-bond acceptors (Lipinski definition) is 4. The van der Waals surface area contributed by atoms with Crippen LogP contribution in [0.4, 0.5) is 11.5 Å². The zero-order chi connectivity index (χ0) is 14.7. The average Bonchev–Trinajstić information content (AvgIpc) is 2.41. The van der Waals surface area contributed by atoms with Gasteiger partial charge < -0.3 is 15.7 Å². The second kappa shape index (κ2) is 5.79. The quantitative estimate of drug-likeness (QED) is 0.905. The molecule has 0 atom stereocenters. The highest BCUT2D eigenvalue weighted by molar-refractivity contribution is 6.31. The van der Waals surface area contributed by atoms with Gasteiger partial charge in [0.05, 0.1) is 11.3 Å². The molecule has 104 valence electrons. The van der Waals surface area contributed by atoms with Crippen LogP contribution >= 0.6 is 11.6 Å². The van der Waals surface area contributed by atoms with Crippen molar-refractivity contribution in [2.75, 3.05) is 17.7 Å². The Morgan fingerprint density at radius 2 is 2.10 bits per heavy atom. The Bertz CT molecular complexity index is 646. The Morgan fingerprint density at radius 3 is 2.75 bits per heavy atom. The molecule has 0 unspecified atom stereocenters. The van der Waals surface area contributed by atoms with E-state index in [0.29, 0.717) is 17.4 Å². The topological polar surface area (TPSA) is 79.5 Å². The monoisotopic (exact) mass is 291 g/mol. The smallest absolute Gasteiger partial charge is 0.337 e. The van der Waals surface area contributed by atoms with Gasteiger partial charge in [-0.1, -0.05) is 29.8 Å². The number of aromatic carboxylic acids is 1. The predicted octanol–water partition coefficient (Wildman–Crippen LogP) is 2.65. The molecule has 0 aliphatic carbocycles. The molecule has 0 fully saturated rings. The molecular weight excluding hydrogens is 278 g/mol. The van der Waals surface area contributed by atoms with Gasteiger partial charge in [0.1, 0.15) is 0 Å².